The maximum absolute atomic E-state index is 11.9. The van der Waals surface area contributed by atoms with Crippen molar-refractivity contribution in [3.05, 3.63) is 0 Å². The van der Waals surface area contributed by atoms with Gasteiger partial charge in [0.25, 0.3) is 0 Å². The van der Waals surface area contributed by atoms with Crippen molar-refractivity contribution in [3.8, 4) is 0 Å². The molecule has 1 fully saturated rings. The Kier molecular flexibility index (Phi) is 4.34. The van der Waals surface area contributed by atoms with E-state index in [0.717, 1.165) is 6.42 Å². The average Bonchev–Trinajstić information content (AvgIpc) is 2.25. The van der Waals surface area contributed by atoms with Gasteiger partial charge in [-0.1, -0.05) is 0 Å². The first-order chi connectivity index (χ1) is 7.85. The van der Waals surface area contributed by atoms with Crippen LogP contribution in [0.3, 0.4) is 0 Å². The van der Waals surface area contributed by atoms with E-state index in [-0.39, 0.29) is 0 Å². The van der Waals surface area contributed by atoms with Gasteiger partial charge in [-0.05, 0) is 33.6 Å². The summed E-state index contributed by atoms with van der Waals surface area (Å²) in [5.41, 5.74) is 2.28. The molecular formula is C11H20N2O4. The molecule has 0 aromatic carbocycles. The lowest BCUT2D eigenvalue weighted by atomic mass is 10.1. The summed E-state index contributed by atoms with van der Waals surface area (Å²) < 4.78 is 9.89. The summed E-state index contributed by atoms with van der Waals surface area (Å²) in [7, 11) is 1.31. The van der Waals surface area contributed by atoms with E-state index in [9.17, 15) is 9.59 Å². The van der Waals surface area contributed by atoms with E-state index in [2.05, 4.69) is 10.2 Å². The fraction of sp³-hybridized carbons (Fsp3) is 0.818. The summed E-state index contributed by atoms with van der Waals surface area (Å²) in [6.45, 7) is 5.98. The van der Waals surface area contributed by atoms with E-state index in [1.54, 1.807) is 20.8 Å². The van der Waals surface area contributed by atoms with Crippen LogP contribution < -0.4 is 5.43 Å². The van der Waals surface area contributed by atoms with Crippen molar-refractivity contribution in [2.45, 2.75) is 45.3 Å². The molecule has 1 aliphatic heterocycles. The van der Waals surface area contributed by atoms with E-state index < -0.39 is 23.7 Å². The number of methoxy groups -OCH3 is 1. The third kappa shape index (κ3) is 3.89. The minimum Gasteiger partial charge on any atom is -0.467 e. The van der Waals surface area contributed by atoms with Crippen LogP contribution in [0, 0.1) is 0 Å². The molecular weight excluding hydrogens is 224 g/mol. The van der Waals surface area contributed by atoms with Crippen molar-refractivity contribution < 1.29 is 19.1 Å². The molecule has 0 saturated carbocycles. The fourth-order valence-electron chi connectivity index (χ4n) is 1.60. The molecule has 1 saturated heterocycles. The summed E-state index contributed by atoms with van der Waals surface area (Å²) in [6.07, 6.45) is 0.852. The van der Waals surface area contributed by atoms with Crippen LogP contribution in [0.5, 0.6) is 0 Å². The van der Waals surface area contributed by atoms with Gasteiger partial charge in [0, 0.05) is 6.54 Å². The number of amides is 1. The number of esters is 1. The Morgan fingerprint density at radius 3 is 2.53 bits per heavy atom. The van der Waals surface area contributed by atoms with Crippen LogP contribution in [0.4, 0.5) is 4.79 Å². The van der Waals surface area contributed by atoms with Gasteiger partial charge in [-0.15, -0.1) is 0 Å². The van der Waals surface area contributed by atoms with E-state index in [1.165, 1.54) is 12.1 Å². The first-order valence-corrected chi connectivity index (χ1v) is 5.68. The molecule has 0 aromatic rings. The van der Waals surface area contributed by atoms with Gasteiger partial charge in [0.2, 0.25) is 0 Å². The molecule has 17 heavy (non-hydrogen) atoms. The van der Waals surface area contributed by atoms with E-state index in [4.69, 9.17) is 4.74 Å². The molecule has 1 atom stereocenters. The van der Waals surface area contributed by atoms with Crippen LogP contribution in [0.25, 0.3) is 0 Å². The Hall–Kier alpha value is -1.30. The largest absolute Gasteiger partial charge is 0.467 e. The number of ether oxygens (including phenoxy) is 2. The predicted molar refractivity (Wildman–Crippen MR) is 61.1 cm³/mol. The fourth-order valence-corrected chi connectivity index (χ4v) is 1.60. The summed E-state index contributed by atoms with van der Waals surface area (Å²) >= 11 is 0. The molecule has 1 amide bonds. The Morgan fingerprint density at radius 1 is 1.35 bits per heavy atom. The predicted octanol–water partition coefficient (Wildman–Crippen LogP) is 1.06. The van der Waals surface area contributed by atoms with Gasteiger partial charge in [0.1, 0.15) is 11.6 Å². The van der Waals surface area contributed by atoms with Crippen molar-refractivity contribution in [3.63, 3.8) is 0 Å². The van der Waals surface area contributed by atoms with Crippen molar-refractivity contribution in [2.24, 2.45) is 0 Å². The maximum atomic E-state index is 11.9. The molecule has 0 radical (unpaired) electrons. The zero-order chi connectivity index (χ0) is 13.1. The second-order valence-corrected chi connectivity index (χ2v) is 4.94. The number of hydrazine groups is 1. The van der Waals surface area contributed by atoms with Crippen molar-refractivity contribution in [1.29, 1.82) is 0 Å². The van der Waals surface area contributed by atoms with E-state index in [0.29, 0.717) is 13.0 Å². The standard InChI is InChI=1S/C11H20N2O4/c1-11(2,3)17-10(15)13-8(9(14)16-4)6-5-7-12-13/h8,12H,5-7H2,1-4H3/t8-/m0/s1. The van der Waals surface area contributed by atoms with Gasteiger partial charge in [0.05, 0.1) is 7.11 Å². The highest BCUT2D eigenvalue weighted by atomic mass is 16.6. The highest BCUT2D eigenvalue weighted by Crippen LogP contribution is 2.16. The van der Waals surface area contributed by atoms with Crippen molar-refractivity contribution in [2.75, 3.05) is 13.7 Å². The molecule has 0 aliphatic carbocycles. The third-order valence-corrected chi connectivity index (χ3v) is 2.31. The molecule has 0 spiro atoms. The minimum absolute atomic E-state index is 0.428. The maximum Gasteiger partial charge on any atom is 0.425 e. The number of hydrogen-bond acceptors (Lipinski definition) is 5. The summed E-state index contributed by atoms with van der Waals surface area (Å²) in [5, 5.41) is 1.22. The van der Waals surface area contributed by atoms with Crippen LogP contribution in [-0.4, -0.2) is 42.4 Å². The van der Waals surface area contributed by atoms with Gasteiger partial charge < -0.3 is 9.47 Å². The summed E-state index contributed by atoms with van der Waals surface area (Å²) in [6, 6.07) is -0.608. The number of rotatable bonds is 1. The van der Waals surface area contributed by atoms with Gasteiger partial charge >= 0.3 is 12.1 Å². The highest BCUT2D eigenvalue weighted by Gasteiger charge is 2.35. The smallest absolute Gasteiger partial charge is 0.425 e. The first kappa shape index (κ1) is 13.8. The second kappa shape index (κ2) is 5.35. The quantitative estimate of drug-likeness (QED) is 0.699. The molecule has 1 rings (SSSR count). The Bertz CT molecular complexity index is 298. The average molecular weight is 244 g/mol. The van der Waals surface area contributed by atoms with Gasteiger partial charge in [0.15, 0.2) is 0 Å². The summed E-state index contributed by atoms with van der Waals surface area (Å²) in [5.74, 6) is -0.428. The van der Waals surface area contributed by atoms with E-state index in [1.807, 2.05) is 0 Å². The lowest BCUT2D eigenvalue weighted by Crippen LogP contribution is -2.57. The molecule has 98 valence electrons. The molecule has 1 aliphatic rings. The molecule has 0 unspecified atom stereocenters. The monoisotopic (exact) mass is 244 g/mol. The van der Waals surface area contributed by atoms with E-state index >= 15 is 0 Å². The first-order valence-electron chi connectivity index (χ1n) is 5.68. The highest BCUT2D eigenvalue weighted by molar-refractivity contribution is 5.81. The number of nitrogens with one attached hydrogen (secondary N) is 1. The number of carbonyl (C=O) groups is 2. The van der Waals surface area contributed by atoms with Crippen molar-refractivity contribution in [1.82, 2.24) is 10.4 Å². The molecule has 1 heterocycles. The molecule has 6 nitrogen and oxygen atoms in total. The number of hydrogen-bond donors (Lipinski definition) is 1. The third-order valence-electron chi connectivity index (χ3n) is 2.31. The summed E-state index contributed by atoms with van der Waals surface area (Å²) in [4.78, 5) is 23.4. The number of carbonyl (C=O) groups excluding carboxylic acids is 2. The van der Waals surface area contributed by atoms with Gasteiger partial charge in [-0.2, -0.15) is 0 Å². The SMILES string of the molecule is COC(=O)[C@@H]1CCCNN1C(=O)OC(C)(C)C. The number of nitrogens with zero attached hydrogens (tertiary/aromatic N) is 1. The molecule has 1 N–H and O–H groups in total. The van der Waals surface area contributed by atoms with Crippen LogP contribution >= 0.6 is 0 Å². The Morgan fingerprint density at radius 2 is 2.00 bits per heavy atom. The van der Waals surface area contributed by atoms with Crippen LogP contribution in [-0.2, 0) is 14.3 Å². The normalized spacial score (nSPS) is 20.9. The second-order valence-electron chi connectivity index (χ2n) is 4.94. The zero-order valence-electron chi connectivity index (χ0n) is 10.8. The van der Waals surface area contributed by atoms with Gasteiger partial charge in [-0.3, -0.25) is 0 Å². The molecule has 6 heteroatoms. The van der Waals surface area contributed by atoms with Crippen LogP contribution in [0.1, 0.15) is 33.6 Å². The lowest BCUT2D eigenvalue weighted by molar-refractivity contribution is -0.149. The zero-order valence-corrected chi connectivity index (χ0v) is 10.8. The van der Waals surface area contributed by atoms with Gasteiger partial charge in [-0.25, -0.2) is 20.0 Å². The minimum atomic E-state index is -0.608. The Balaban J connectivity index is 2.71. The molecule has 0 aromatic heterocycles. The Labute approximate surface area is 101 Å². The molecule has 0 bridgehead atoms. The van der Waals surface area contributed by atoms with Crippen LogP contribution in [0.15, 0.2) is 0 Å². The topological polar surface area (TPSA) is 67.9 Å². The van der Waals surface area contributed by atoms with Crippen LogP contribution in [0.2, 0.25) is 0 Å². The lowest BCUT2D eigenvalue weighted by Gasteiger charge is -2.35. The van der Waals surface area contributed by atoms with Crippen molar-refractivity contribution >= 4 is 12.1 Å².